The van der Waals surface area contributed by atoms with Gasteiger partial charge in [-0.1, -0.05) is 29.8 Å². The molecule has 166 valence electrons. The van der Waals surface area contributed by atoms with Crippen LogP contribution in [0.1, 0.15) is 29.8 Å². The SMILES string of the molecule is CCN(c1cccc(-c2ccc(C(=O)NC(C)C(=O)O)c(F)c2)c1)c1ccc(Cl)c(C)c1. The van der Waals surface area contributed by atoms with E-state index in [1.165, 1.54) is 19.1 Å². The largest absolute Gasteiger partial charge is 0.480 e. The van der Waals surface area contributed by atoms with Crippen molar-refractivity contribution in [1.82, 2.24) is 5.32 Å². The van der Waals surface area contributed by atoms with E-state index in [9.17, 15) is 14.0 Å². The fourth-order valence-corrected chi connectivity index (χ4v) is 3.50. The number of amides is 1. The number of hydrogen-bond acceptors (Lipinski definition) is 3. The van der Waals surface area contributed by atoms with Crippen LogP contribution in [0.4, 0.5) is 15.8 Å². The van der Waals surface area contributed by atoms with Crippen LogP contribution in [0.3, 0.4) is 0 Å². The smallest absolute Gasteiger partial charge is 0.325 e. The van der Waals surface area contributed by atoms with Gasteiger partial charge in [0.15, 0.2) is 0 Å². The minimum Gasteiger partial charge on any atom is -0.480 e. The summed E-state index contributed by atoms with van der Waals surface area (Å²) in [6.07, 6.45) is 0. The number of aliphatic carboxylic acids is 1. The van der Waals surface area contributed by atoms with Crippen molar-refractivity contribution in [3.63, 3.8) is 0 Å². The summed E-state index contributed by atoms with van der Waals surface area (Å²) in [5, 5.41) is 11.9. The van der Waals surface area contributed by atoms with Crippen molar-refractivity contribution in [2.24, 2.45) is 0 Å². The first-order valence-corrected chi connectivity index (χ1v) is 10.6. The Kier molecular flexibility index (Phi) is 7.15. The number of carbonyl (C=O) groups is 2. The lowest BCUT2D eigenvalue weighted by Crippen LogP contribution is -2.38. The number of hydrogen-bond donors (Lipinski definition) is 2. The summed E-state index contributed by atoms with van der Waals surface area (Å²) in [5.74, 6) is -2.68. The molecule has 5 nitrogen and oxygen atoms in total. The van der Waals surface area contributed by atoms with Gasteiger partial charge in [0, 0.05) is 22.9 Å². The molecule has 32 heavy (non-hydrogen) atoms. The highest BCUT2D eigenvalue weighted by molar-refractivity contribution is 6.31. The van der Waals surface area contributed by atoms with Crippen LogP contribution in [-0.2, 0) is 4.79 Å². The van der Waals surface area contributed by atoms with Crippen molar-refractivity contribution in [2.75, 3.05) is 11.4 Å². The molecule has 0 aliphatic heterocycles. The van der Waals surface area contributed by atoms with E-state index in [0.717, 1.165) is 29.0 Å². The van der Waals surface area contributed by atoms with Crippen LogP contribution in [0.5, 0.6) is 0 Å². The molecule has 0 bridgehead atoms. The molecule has 0 aliphatic rings. The second kappa shape index (κ2) is 9.83. The standard InChI is InChI=1S/C25H24ClFN2O3/c1-4-29(20-9-11-22(26)15(2)12-20)19-7-5-6-17(13-19)18-8-10-21(23(27)14-18)24(30)28-16(3)25(31)32/h5-14,16H,4H2,1-3H3,(H,28,30)(H,31,32). The molecule has 3 rings (SSSR count). The Balaban J connectivity index is 1.90. The number of carboxylic acids is 1. The van der Waals surface area contributed by atoms with E-state index in [-0.39, 0.29) is 5.56 Å². The number of anilines is 2. The third kappa shape index (κ3) is 5.08. The van der Waals surface area contributed by atoms with Gasteiger partial charge >= 0.3 is 5.97 Å². The highest BCUT2D eigenvalue weighted by Crippen LogP contribution is 2.32. The second-order valence-corrected chi connectivity index (χ2v) is 7.86. The van der Waals surface area contributed by atoms with Crippen molar-refractivity contribution in [3.8, 4) is 11.1 Å². The topological polar surface area (TPSA) is 69.6 Å². The van der Waals surface area contributed by atoms with Crippen molar-refractivity contribution < 1.29 is 19.1 Å². The molecule has 0 radical (unpaired) electrons. The number of halogens is 2. The Morgan fingerprint density at radius 2 is 1.75 bits per heavy atom. The van der Waals surface area contributed by atoms with Gasteiger partial charge in [0.2, 0.25) is 0 Å². The van der Waals surface area contributed by atoms with Crippen LogP contribution >= 0.6 is 11.6 Å². The number of aryl methyl sites for hydroxylation is 1. The Morgan fingerprint density at radius 1 is 1.06 bits per heavy atom. The molecule has 1 atom stereocenters. The molecular formula is C25H24ClFN2O3. The molecule has 3 aromatic carbocycles. The van der Waals surface area contributed by atoms with Gasteiger partial charge in [-0.15, -0.1) is 0 Å². The predicted octanol–water partition coefficient (Wildman–Crippen LogP) is 5.82. The number of rotatable bonds is 7. The fraction of sp³-hybridized carbons (Fsp3) is 0.200. The van der Waals surface area contributed by atoms with Crippen molar-refractivity contribution >= 4 is 34.9 Å². The number of benzene rings is 3. The van der Waals surface area contributed by atoms with Crippen molar-refractivity contribution in [3.05, 3.63) is 82.6 Å². The van der Waals surface area contributed by atoms with Gasteiger partial charge in [0.1, 0.15) is 11.9 Å². The summed E-state index contributed by atoms with van der Waals surface area (Å²) in [5.41, 5.74) is 4.10. The van der Waals surface area contributed by atoms with E-state index < -0.39 is 23.7 Å². The maximum absolute atomic E-state index is 14.7. The van der Waals surface area contributed by atoms with E-state index in [2.05, 4.69) is 10.2 Å². The third-order valence-electron chi connectivity index (χ3n) is 5.19. The molecule has 1 unspecified atom stereocenters. The monoisotopic (exact) mass is 454 g/mol. The first-order chi connectivity index (χ1) is 15.2. The number of nitrogens with one attached hydrogen (secondary N) is 1. The zero-order valence-electron chi connectivity index (χ0n) is 18.0. The Hall–Kier alpha value is -3.38. The Morgan fingerprint density at radius 3 is 2.38 bits per heavy atom. The van der Waals surface area contributed by atoms with Gasteiger partial charge < -0.3 is 15.3 Å². The molecule has 0 aliphatic carbocycles. The maximum atomic E-state index is 14.7. The normalized spacial score (nSPS) is 11.7. The summed E-state index contributed by atoms with van der Waals surface area (Å²) in [6, 6.07) is 16.7. The quantitative estimate of drug-likeness (QED) is 0.472. The molecular weight excluding hydrogens is 431 g/mol. The average Bonchev–Trinajstić information content (AvgIpc) is 2.76. The summed E-state index contributed by atoms with van der Waals surface area (Å²) in [4.78, 5) is 25.2. The van der Waals surface area contributed by atoms with Crippen LogP contribution in [0.2, 0.25) is 5.02 Å². The average molecular weight is 455 g/mol. The highest BCUT2D eigenvalue weighted by atomic mass is 35.5. The molecule has 3 aromatic rings. The van der Waals surface area contributed by atoms with E-state index in [1.54, 1.807) is 6.07 Å². The van der Waals surface area contributed by atoms with Gasteiger partial charge in [-0.25, -0.2) is 4.39 Å². The molecule has 0 fully saturated rings. The van der Waals surface area contributed by atoms with Crippen LogP contribution < -0.4 is 10.2 Å². The maximum Gasteiger partial charge on any atom is 0.325 e. The molecule has 0 spiro atoms. The van der Waals surface area contributed by atoms with E-state index in [0.29, 0.717) is 10.6 Å². The van der Waals surface area contributed by atoms with Crippen LogP contribution in [0.25, 0.3) is 11.1 Å². The van der Waals surface area contributed by atoms with Gasteiger partial charge in [-0.05, 0) is 79.9 Å². The summed E-state index contributed by atoms with van der Waals surface area (Å²) >= 11 is 6.16. The first-order valence-electron chi connectivity index (χ1n) is 10.2. The van der Waals surface area contributed by atoms with E-state index in [4.69, 9.17) is 16.7 Å². The zero-order chi connectivity index (χ0) is 23.4. The van der Waals surface area contributed by atoms with Crippen LogP contribution in [0.15, 0.2) is 60.7 Å². The van der Waals surface area contributed by atoms with Gasteiger partial charge in [-0.3, -0.25) is 9.59 Å². The number of nitrogens with zero attached hydrogens (tertiary/aromatic N) is 1. The molecule has 1 amide bonds. The molecule has 0 heterocycles. The Labute approximate surface area is 191 Å². The van der Waals surface area contributed by atoms with E-state index >= 15 is 0 Å². The molecule has 2 N–H and O–H groups in total. The van der Waals surface area contributed by atoms with E-state index in [1.807, 2.05) is 56.3 Å². The van der Waals surface area contributed by atoms with Crippen LogP contribution in [0, 0.1) is 12.7 Å². The third-order valence-corrected chi connectivity index (χ3v) is 5.62. The molecule has 7 heteroatoms. The lowest BCUT2D eigenvalue weighted by molar-refractivity contribution is -0.138. The lowest BCUT2D eigenvalue weighted by atomic mass is 10.0. The van der Waals surface area contributed by atoms with Crippen molar-refractivity contribution in [1.29, 1.82) is 0 Å². The predicted molar refractivity (Wildman–Crippen MR) is 125 cm³/mol. The number of carboxylic acid groups (broad SMARTS) is 1. The van der Waals surface area contributed by atoms with Gasteiger partial charge in [0.25, 0.3) is 5.91 Å². The fourth-order valence-electron chi connectivity index (χ4n) is 3.38. The summed E-state index contributed by atoms with van der Waals surface area (Å²) < 4.78 is 14.7. The van der Waals surface area contributed by atoms with Crippen molar-refractivity contribution in [2.45, 2.75) is 26.8 Å². The van der Waals surface area contributed by atoms with Crippen LogP contribution in [-0.4, -0.2) is 29.6 Å². The zero-order valence-corrected chi connectivity index (χ0v) is 18.8. The lowest BCUT2D eigenvalue weighted by Gasteiger charge is -2.24. The minimum atomic E-state index is -1.19. The highest BCUT2D eigenvalue weighted by Gasteiger charge is 2.19. The first kappa shape index (κ1) is 23.3. The summed E-state index contributed by atoms with van der Waals surface area (Å²) in [6.45, 7) is 6.04. The molecule has 0 saturated heterocycles. The van der Waals surface area contributed by atoms with Gasteiger partial charge in [-0.2, -0.15) is 0 Å². The number of carbonyl (C=O) groups excluding carboxylic acids is 1. The molecule has 0 saturated carbocycles. The van der Waals surface area contributed by atoms with Gasteiger partial charge in [0.05, 0.1) is 5.56 Å². The molecule has 0 aromatic heterocycles. The Bertz CT molecular complexity index is 1170. The second-order valence-electron chi connectivity index (χ2n) is 7.46. The summed E-state index contributed by atoms with van der Waals surface area (Å²) in [7, 11) is 0. The minimum absolute atomic E-state index is 0.204.